The first-order chi connectivity index (χ1) is 16.3. The molecule has 1 aromatic heterocycles. The van der Waals surface area contributed by atoms with Crippen LogP contribution in [-0.2, 0) is 14.4 Å². The van der Waals surface area contributed by atoms with Crippen molar-refractivity contribution in [2.75, 3.05) is 16.4 Å². The van der Waals surface area contributed by atoms with Gasteiger partial charge in [-0.3, -0.25) is 14.4 Å². The van der Waals surface area contributed by atoms with E-state index in [0.717, 1.165) is 44.2 Å². The summed E-state index contributed by atoms with van der Waals surface area (Å²) in [5.74, 6) is -2.13. The topological polar surface area (TPSA) is 108 Å². The number of fused-ring (bicyclic) bond motifs is 1. The lowest BCUT2D eigenvalue weighted by molar-refractivity contribution is -0.147. The Morgan fingerprint density at radius 1 is 1.00 bits per heavy atom. The molecule has 1 aliphatic rings. The lowest BCUT2D eigenvalue weighted by Gasteiger charge is -2.27. The number of aliphatic carboxylic acids is 1. The van der Waals surface area contributed by atoms with E-state index in [1.165, 1.54) is 23.1 Å². The zero-order valence-electron chi connectivity index (χ0n) is 19.1. The van der Waals surface area contributed by atoms with Crippen molar-refractivity contribution in [3.05, 3.63) is 47.5 Å². The van der Waals surface area contributed by atoms with Gasteiger partial charge in [0.05, 0.1) is 27.8 Å². The van der Waals surface area contributed by atoms with Crippen LogP contribution in [0.2, 0.25) is 0 Å². The van der Waals surface area contributed by atoms with Crippen LogP contribution in [-0.4, -0.2) is 33.6 Å². The molecule has 1 fully saturated rings. The Bertz CT molecular complexity index is 1220. The number of benzene rings is 2. The number of aromatic nitrogens is 1. The Labute approximate surface area is 206 Å². The first-order valence-electron chi connectivity index (χ1n) is 11.2. The van der Waals surface area contributed by atoms with E-state index in [4.69, 9.17) is 0 Å². The molecule has 2 aromatic carbocycles. The Balaban J connectivity index is 1.37. The van der Waals surface area contributed by atoms with E-state index in [1.807, 2.05) is 38.1 Å². The number of thioether (sulfide) groups is 1. The summed E-state index contributed by atoms with van der Waals surface area (Å²) in [7, 11) is 0. The first-order valence-corrected chi connectivity index (χ1v) is 13.0. The van der Waals surface area contributed by atoms with Crippen LogP contribution in [0.15, 0.2) is 40.7 Å². The molecule has 0 saturated heterocycles. The van der Waals surface area contributed by atoms with Crippen LogP contribution in [0.5, 0.6) is 0 Å². The molecule has 1 aliphatic carbocycles. The van der Waals surface area contributed by atoms with E-state index in [0.29, 0.717) is 18.5 Å². The second kappa shape index (κ2) is 10.6. The molecule has 0 unspecified atom stereocenters. The molecule has 0 aliphatic heterocycles. The zero-order chi connectivity index (χ0) is 24.2. The van der Waals surface area contributed by atoms with Gasteiger partial charge in [-0.1, -0.05) is 30.7 Å². The van der Waals surface area contributed by atoms with Gasteiger partial charge in [-0.2, -0.15) is 0 Å². The summed E-state index contributed by atoms with van der Waals surface area (Å²) in [6.45, 7) is 3.99. The van der Waals surface area contributed by atoms with Gasteiger partial charge in [-0.05, 0) is 68.1 Å². The summed E-state index contributed by atoms with van der Waals surface area (Å²) in [6.07, 6.45) is 2.85. The third kappa shape index (κ3) is 5.95. The third-order valence-corrected chi connectivity index (χ3v) is 8.05. The molecule has 0 radical (unpaired) electrons. The molecule has 1 saturated carbocycles. The fourth-order valence-corrected chi connectivity index (χ4v) is 6.30. The van der Waals surface area contributed by atoms with Crippen molar-refractivity contribution in [2.24, 2.45) is 11.8 Å². The van der Waals surface area contributed by atoms with E-state index >= 15 is 0 Å². The van der Waals surface area contributed by atoms with Crippen LogP contribution in [0.3, 0.4) is 0 Å². The summed E-state index contributed by atoms with van der Waals surface area (Å²) < 4.78 is 1.67. The van der Waals surface area contributed by atoms with Crippen LogP contribution in [0.4, 0.5) is 11.4 Å². The first kappa shape index (κ1) is 24.2. The number of carbonyl (C=O) groups excluding carboxylic acids is 2. The lowest BCUT2D eigenvalue weighted by atomic mass is 9.78. The summed E-state index contributed by atoms with van der Waals surface area (Å²) in [5.41, 5.74) is 4.40. The number of nitrogens with one attached hydrogen (secondary N) is 2. The van der Waals surface area contributed by atoms with Crippen molar-refractivity contribution in [3.8, 4) is 0 Å². The molecule has 1 heterocycles. The van der Waals surface area contributed by atoms with Crippen molar-refractivity contribution < 1.29 is 19.5 Å². The Hall–Kier alpha value is -2.91. The highest BCUT2D eigenvalue weighted by atomic mass is 32.2. The van der Waals surface area contributed by atoms with E-state index in [2.05, 4.69) is 21.7 Å². The minimum absolute atomic E-state index is 0.0947. The monoisotopic (exact) mass is 497 g/mol. The number of hydrogen-bond acceptors (Lipinski definition) is 6. The number of anilines is 2. The van der Waals surface area contributed by atoms with Gasteiger partial charge >= 0.3 is 5.97 Å². The number of nitrogens with zero attached hydrogens (tertiary/aromatic N) is 1. The fraction of sp³-hybridized carbons (Fsp3) is 0.360. The maximum atomic E-state index is 12.8. The van der Waals surface area contributed by atoms with Gasteiger partial charge in [0.2, 0.25) is 11.8 Å². The molecular formula is C25H27N3O4S2. The SMILES string of the molecule is Cc1cc(C)cc(NC(=O)CSc2nc3ccc(NC(=O)[C@H]4CCCC[C@H]4C(=O)O)cc3s2)c1. The average molecular weight is 498 g/mol. The highest BCUT2D eigenvalue weighted by Gasteiger charge is 2.35. The van der Waals surface area contributed by atoms with E-state index in [9.17, 15) is 19.5 Å². The predicted octanol–water partition coefficient (Wildman–Crippen LogP) is 5.47. The summed E-state index contributed by atoms with van der Waals surface area (Å²) in [5, 5.41) is 15.3. The molecular weight excluding hydrogens is 470 g/mol. The third-order valence-electron chi connectivity index (χ3n) is 5.89. The molecule has 3 aromatic rings. The standard InChI is InChI=1S/C25H27N3O4S2/c1-14-9-15(2)11-17(10-14)26-22(29)13-33-25-28-20-8-7-16(12-21(20)34-25)27-23(30)18-5-3-4-6-19(18)24(31)32/h7-12,18-19H,3-6,13H2,1-2H3,(H,26,29)(H,27,30)(H,31,32)/t18-,19+/m0/s1. The molecule has 34 heavy (non-hydrogen) atoms. The summed E-state index contributed by atoms with van der Waals surface area (Å²) in [4.78, 5) is 41.2. The number of aryl methyl sites for hydroxylation is 2. The van der Waals surface area contributed by atoms with E-state index in [-0.39, 0.29) is 17.6 Å². The molecule has 0 spiro atoms. The van der Waals surface area contributed by atoms with Gasteiger partial charge in [0.1, 0.15) is 0 Å². The molecule has 0 bridgehead atoms. The van der Waals surface area contributed by atoms with Gasteiger partial charge in [0, 0.05) is 11.4 Å². The number of rotatable bonds is 7. The Kier molecular flexibility index (Phi) is 7.53. The van der Waals surface area contributed by atoms with Crippen molar-refractivity contribution in [1.29, 1.82) is 0 Å². The number of hydrogen-bond donors (Lipinski definition) is 3. The molecule has 178 valence electrons. The molecule has 3 N–H and O–H groups in total. The minimum Gasteiger partial charge on any atom is -0.481 e. The maximum Gasteiger partial charge on any atom is 0.307 e. The van der Waals surface area contributed by atoms with Gasteiger partial charge < -0.3 is 15.7 Å². The smallest absolute Gasteiger partial charge is 0.307 e. The quantitative estimate of drug-likeness (QED) is 0.373. The normalized spacial score (nSPS) is 17.9. The highest BCUT2D eigenvalue weighted by molar-refractivity contribution is 8.01. The van der Waals surface area contributed by atoms with Gasteiger partial charge in [-0.15, -0.1) is 11.3 Å². The van der Waals surface area contributed by atoms with Gasteiger partial charge in [0.15, 0.2) is 4.34 Å². The summed E-state index contributed by atoms with van der Waals surface area (Å²) >= 11 is 2.83. The molecule has 2 amide bonds. The van der Waals surface area contributed by atoms with Gasteiger partial charge in [0.25, 0.3) is 0 Å². The molecule has 2 atom stereocenters. The van der Waals surface area contributed by atoms with Crippen molar-refractivity contribution in [1.82, 2.24) is 4.98 Å². The van der Waals surface area contributed by atoms with Crippen LogP contribution < -0.4 is 10.6 Å². The lowest BCUT2D eigenvalue weighted by Crippen LogP contribution is -2.36. The van der Waals surface area contributed by atoms with Crippen molar-refractivity contribution in [3.63, 3.8) is 0 Å². The highest BCUT2D eigenvalue weighted by Crippen LogP contribution is 2.33. The second-order valence-electron chi connectivity index (χ2n) is 8.70. The predicted molar refractivity (Wildman–Crippen MR) is 137 cm³/mol. The fourth-order valence-electron chi connectivity index (χ4n) is 4.39. The second-order valence-corrected chi connectivity index (χ2v) is 11.0. The van der Waals surface area contributed by atoms with Gasteiger partial charge in [-0.25, -0.2) is 4.98 Å². The van der Waals surface area contributed by atoms with E-state index < -0.39 is 17.8 Å². The number of carboxylic acids is 1. The Morgan fingerprint density at radius 2 is 1.71 bits per heavy atom. The Morgan fingerprint density at radius 3 is 2.41 bits per heavy atom. The van der Waals surface area contributed by atoms with Crippen LogP contribution in [0, 0.1) is 25.7 Å². The minimum atomic E-state index is -0.902. The maximum absolute atomic E-state index is 12.8. The molecule has 7 nitrogen and oxygen atoms in total. The van der Waals surface area contributed by atoms with E-state index in [1.54, 1.807) is 6.07 Å². The number of carbonyl (C=O) groups is 3. The zero-order valence-corrected chi connectivity index (χ0v) is 20.7. The average Bonchev–Trinajstić information content (AvgIpc) is 3.19. The molecule has 9 heteroatoms. The van der Waals surface area contributed by atoms with Crippen LogP contribution in [0.25, 0.3) is 10.2 Å². The van der Waals surface area contributed by atoms with Crippen molar-refractivity contribution in [2.45, 2.75) is 43.9 Å². The van der Waals surface area contributed by atoms with Crippen LogP contribution >= 0.6 is 23.1 Å². The van der Waals surface area contributed by atoms with Crippen LogP contribution in [0.1, 0.15) is 36.8 Å². The molecule has 4 rings (SSSR count). The largest absolute Gasteiger partial charge is 0.481 e. The number of carboxylic acid groups (broad SMARTS) is 1. The summed E-state index contributed by atoms with van der Waals surface area (Å²) in [6, 6.07) is 11.4. The van der Waals surface area contributed by atoms with Crippen molar-refractivity contribution >= 4 is 62.5 Å². The number of amides is 2. The number of thiazole rings is 1.